The topological polar surface area (TPSA) is 57.4 Å². The zero-order chi connectivity index (χ0) is 12.8. The molecule has 94 valence electrons. The predicted molar refractivity (Wildman–Crippen MR) is 71.0 cm³/mol. The van der Waals surface area contributed by atoms with E-state index in [2.05, 4.69) is 11.9 Å². The van der Waals surface area contributed by atoms with Crippen molar-refractivity contribution < 1.29 is 9.47 Å². The molecule has 18 heavy (non-hydrogen) atoms. The van der Waals surface area contributed by atoms with Crippen LogP contribution in [-0.2, 0) is 0 Å². The van der Waals surface area contributed by atoms with Crippen LogP contribution in [0, 0.1) is 0 Å². The van der Waals surface area contributed by atoms with Gasteiger partial charge in [-0.25, -0.2) is 4.98 Å². The van der Waals surface area contributed by atoms with Gasteiger partial charge < -0.3 is 15.2 Å². The van der Waals surface area contributed by atoms with E-state index in [4.69, 9.17) is 15.2 Å². The Morgan fingerprint density at radius 2 is 1.94 bits per heavy atom. The van der Waals surface area contributed by atoms with Crippen molar-refractivity contribution in [3.63, 3.8) is 0 Å². The van der Waals surface area contributed by atoms with E-state index < -0.39 is 0 Å². The van der Waals surface area contributed by atoms with E-state index in [0.717, 1.165) is 6.42 Å². The Labute approximate surface area is 106 Å². The summed E-state index contributed by atoms with van der Waals surface area (Å²) in [4.78, 5) is 4.10. The van der Waals surface area contributed by atoms with Crippen molar-refractivity contribution in [1.82, 2.24) is 4.98 Å². The van der Waals surface area contributed by atoms with Crippen molar-refractivity contribution in [2.24, 2.45) is 0 Å². The molecule has 4 nitrogen and oxygen atoms in total. The van der Waals surface area contributed by atoms with E-state index in [1.165, 1.54) is 0 Å². The first-order valence-electron chi connectivity index (χ1n) is 5.91. The van der Waals surface area contributed by atoms with Crippen molar-refractivity contribution in [1.29, 1.82) is 0 Å². The zero-order valence-corrected chi connectivity index (χ0v) is 10.3. The second kappa shape index (κ2) is 5.91. The Hall–Kier alpha value is -2.23. The summed E-state index contributed by atoms with van der Waals surface area (Å²) < 4.78 is 11.3. The van der Waals surface area contributed by atoms with E-state index in [0.29, 0.717) is 29.7 Å². The Balaban J connectivity index is 2.17. The Kier molecular flexibility index (Phi) is 4.02. The van der Waals surface area contributed by atoms with Crippen LogP contribution in [0.15, 0.2) is 42.6 Å². The molecule has 1 heterocycles. The first-order valence-corrected chi connectivity index (χ1v) is 5.91. The largest absolute Gasteiger partial charge is 0.490 e. The zero-order valence-electron chi connectivity index (χ0n) is 10.3. The molecule has 0 amide bonds. The summed E-state index contributed by atoms with van der Waals surface area (Å²) in [6, 6.07) is 10.9. The monoisotopic (exact) mass is 244 g/mol. The number of nitrogens with two attached hydrogens (primary N) is 1. The van der Waals surface area contributed by atoms with Crippen LogP contribution in [0.4, 0.5) is 5.69 Å². The molecule has 0 radical (unpaired) electrons. The number of rotatable bonds is 5. The molecule has 0 aliphatic rings. The second-order valence-corrected chi connectivity index (χ2v) is 3.82. The van der Waals surface area contributed by atoms with Gasteiger partial charge in [0.2, 0.25) is 5.88 Å². The fourth-order valence-electron chi connectivity index (χ4n) is 1.46. The van der Waals surface area contributed by atoms with E-state index in [9.17, 15) is 0 Å². The third-order valence-corrected chi connectivity index (χ3v) is 2.28. The number of pyridine rings is 1. The SMILES string of the molecule is CCCOc1ccccc1Oc1cc(N)ccn1. The summed E-state index contributed by atoms with van der Waals surface area (Å²) in [5.74, 6) is 1.81. The van der Waals surface area contributed by atoms with Gasteiger partial charge in [0.1, 0.15) is 0 Å². The molecule has 1 aromatic carbocycles. The lowest BCUT2D eigenvalue weighted by Crippen LogP contribution is -1.98. The maximum Gasteiger partial charge on any atom is 0.221 e. The van der Waals surface area contributed by atoms with Gasteiger partial charge >= 0.3 is 0 Å². The summed E-state index contributed by atoms with van der Waals surface area (Å²) in [5, 5.41) is 0. The number of hydrogen-bond donors (Lipinski definition) is 1. The minimum Gasteiger partial charge on any atom is -0.490 e. The van der Waals surface area contributed by atoms with E-state index in [1.807, 2.05) is 24.3 Å². The quantitative estimate of drug-likeness (QED) is 0.877. The van der Waals surface area contributed by atoms with Crippen LogP contribution in [-0.4, -0.2) is 11.6 Å². The van der Waals surface area contributed by atoms with Gasteiger partial charge in [0.15, 0.2) is 11.5 Å². The van der Waals surface area contributed by atoms with Crippen LogP contribution < -0.4 is 15.2 Å². The summed E-state index contributed by atoms with van der Waals surface area (Å²) in [5.41, 5.74) is 6.30. The third kappa shape index (κ3) is 3.13. The van der Waals surface area contributed by atoms with Crippen LogP contribution in [0.1, 0.15) is 13.3 Å². The van der Waals surface area contributed by atoms with Crippen LogP contribution in [0.5, 0.6) is 17.4 Å². The molecule has 0 saturated heterocycles. The number of ether oxygens (including phenoxy) is 2. The van der Waals surface area contributed by atoms with Crippen molar-refractivity contribution >= 4 is 5.69 Å². The van der Waals surface area contributed by atoms with Gasteiger partial charge in [-0.1, -0.05) is 19.1 Å². The molecule has 1 aromatic heterocycles. The summed E-state index contributed by atoms with van der Waals surface area (Å²) >= 11 is 0. The summed E-state index contributed by atoms with van der Waals surface area (Å²) in [7, 11) is 0. The molecule has 0 saturated carbocycles. The number of nitrogens with zero attached hydrogens (tertiary/aromatic N) is 1. The average Bonchev–Trinajstić information content (AvgIpc) is 2.38. The number of nitrogen functional groups attached to an aromatic ring is 1. The van der Waals surface area contributed by atoms with Crippen molar-refractivity contribution in [2.75, 3.05) is 12.3 Å². The number of aromatic nitrogens is 1. The molecule has 0 atom stereocenters. The molecule has 4 heteroatoms. The van der Waals surface area contributed by atoms with Gasteiger partial charge in [0.25, 0.3) is 0 Å². The van der Waals surface area contributed by atoms with Crippen LogP contribution >= 0.6 is 0 Å². The summed E-state index contributed by atoms with van der Waals surface area (Å²) in [6.07, 6.45) is 2.56. The van der Waals surface area contributed by atoms with Crippen LogP contribution in [0.2, 0.25) is 0 Å². The van der Waals surface area contributed by atoms with E-state index >= 15 is 0 Å². The lowest BCUT2D eigenvalue weighted by Gasteiger charge is -2.11. The van der Waals surface area contributed by atoms with E-state index in [1.54, 1.807) is 18.3 Å². The third-order valence-electron chi connectivity index (χ3n) is 2.28. The van der Waals surface area contributed by atoms with Crippen LogP contribution in [0.25, 0.3) is 0 Å². The molecule has 2 N–H and O–H groups in total. The minimum atomic E-state index is 0.461. The fourth-order valence-corrected chi connectivity index (χ4v) is 1.46. The second-order valence-electron chi connectivity index (χ2n) is 3.82. The highest BCUT2D eigenvalue weighted by Gasteiger charge is 2.06. The summed E-state index contributed by atoms with van der Waals surface area (Å²) in [6.45, 7) is 2.72. The fraction of sp³-hybridized carbons (Fsp3) is 0.214. The van der Waals surface area contributed by atoms with Gasteiger partial charge in [0, 0.05) is 18.0 Å². The van der Waals surface area contributed by atoms with Crippen molar-refractivity contribution in [3.05, 3.63) is 42.6 Å². The number of benzene rings is 1. The molecular weight excluding hydrogens is 228 g/mol. The number of anilines is 1. The van der Waals surface area contributed by atoms with Gasteiger partial charge in [-0.2, -0.15) is 0 Å². The first kappa shape index (κ1) is 12.2. The lowest BCUT2D eigenvalue weighted by molar-refractivity contribution is 0.301. The van der Waals surface area contributed by atoms with Gasteiger partial charge in [-0.05, 0) is 24.6 Å². The number of para-hydroxylation sites is 2. The van der Waals surface area contributed by atoms with Gasteiger partial charge in [-0.3, -0.25) is 0 Å². The molecule has 0 spiro atoms. The van der Waals surface area contributed by atoms with Crippen molar-refractivity contribution in [3.8, 4) is 17.4 Å². The van der Waals surface area contributed by atoms with E-state index in [-0.39, 0.29) is 0 Å². The normalized spacial score (nSPS) is 10.1. The first-order chi connectivity index (χ1) is 8.79. The molecule has 2 aromatic rings. The van der Waals surface area contributed by atoms with Gasteiger partial charge in [-0.15, -0.1) is 0 Å². The Morgan fingerprint density at radius 1 is 1.17 bits per heavy atom. The smallest absolute Gasteiger partial charge is 0.221 e. The molecule has 0 aliphatic heterocycles. The highest BCUT2D eigenvalue weighted by molar-refractivity contribution is 5.44. The molecular formula is C14H16N2O2. The van der Waals surface area contributed by atoms with Gasteiger partial charge in [0.05, 0.1) is 6.61 Å². The Bertz CT molecular complexity index is 515. The molecule has 0 aliphatic carbocycles. The lowest BCUT2D eigenvalue weighted by atomic mass is 10.3. The highest BCUT2D eigenvalue weighted by atomic mass is 16.5. The predicted octanol–water partition coefficient (Wildman–Crippen LogP) is 3.24. The highest BCUT2D eigenvalue weighted by Crippen LogP contribution is 2.30. The standard InChI is InChI=1S/C14H16N2O2/c1-2-9-17-12-5-3-4-6-13(12)18-14-10-11(15)7-8-16-14/h3-8,10H,2,9H2,1H3,(H2,15,16). The molecule has 0 unspecified atom stereocenters. The Morgan fingerprint density at radius 3 is 2.67 bits per heavy atom. The molecule has 0 bridgehead atoms. The average molecular weight is 244 g/mol. The maximum absolute atomic E-state index is 5.68. The maximum atomic E-state index is 5.68. The minimum absolute atomic E-state index is 0.461. The van der Waals surface area contributed by atoms with Crippen molar-refractivity contribution in [2.45, 2.75) is 13.3 Å². The molecule has 0 fully saturated rings. The van der Waals surface area contributed by atoms with Crippen LogP contribution in [0.3, 0.4) is 0 Å². The molecule has 2 rings (SSSR count). The number of hydrogen-bond acceptors (Lipinski definition) is 4.